The van der Waals surface area contributed by atoms with Gasteiger partial charge in [-0.25, -0.2) is 4.79 Å². The molecule has 17 heavy (non-hydrogen) atoms. The summed E-state index contributed by atoms with van der Waals surface area (Å²) in [4.78, 5) is 16.2. The molecular formula is C13H17NO3. The standard InChI is InChI=1S/C13H17NO3/c1-13(2,3)12(15)17-14-9-10-5-7-11(16-4)8-6-10/h5-9H,1-4H3/b14-9-. The van der Waals surface area contributed by atoms with Crippen molar-refractivity contribution in [3.63, 3.8) is 0 Å². The van der Waals surface area contributed by atoms with Gasteiger partial charge >= 0.3 is 5.97 Å². The van der Waals surface area contributed by atoms with Crippen molar-refractivity contribution in [1.29, 1.82) is 0 Å². The number of hydrogen-bond acceptors (Lipinski definition) is 4. The van der Waals surface area contributed by atoms with Crippen LogP contribution in [0.5, 0.6) is 5.75 Å². The Kier molecular flexibility index (Phi) is 4.26. The minimum atomic E-state index is -0.544. The number of nitrogens with zero attached hydrogens (tertiary/aromatic N) is 1. The summed E-state index contributed by atoms with van der Waals surface area (Å²) in [6, 6.07) is 7.28. The van der Waals surface area contributed by atoms with Gasteiger partial charge in [0, 0.05) is 0 Å². The van der Waals surface area contributed by atoms with E-state index in [1.54, 1.807) is 27.9 Å². The van der Waals surface area contributed by atoms with E-state index < -0.39 is 5.41 Å². The maximum absolute atomic E-state index is 11.4. The Hall–Kier alpha value is -1.84. The fourth-order valence-corrected chi connectivity index (χ4v) is 0.962. The SMILES string of the molecule is COc1ccc(/C=N\OC(=O)C(C)(C)C)cc1. The van der Waals surface area contributed by atoms with Gasteiger partial charge < -0.3 is 9.57 Å². The van der Waals surface area contributed by atoms with E-state index in [4.69, 9.17) is 9.57 Å². The van der Waals surface area contributed by atoms with E-state index in [1.165, 1.54) is 6.21 Å². The summed E-state index contributed by atoms with van der Waals surface area (Å²) in [6.45, 7) is 5.33. The Morgan fingerprint density at radius 3 is 2.29 bits per heavy atom. The van der Waals surface area contributed by atoms with Crippen LogP contribution in [0, 0.1) is 5.41 Å². The van der Waals surface area contributed by atoms with E-state index in [0.29, 0.717) is 0 Å². The number of carbonyl (C=O) groups is 1. The molecular weight excluding hydrogens is 218 g/mol. The number of methoxy groups -OCH3 is 1. The predicted molar refractivity (Wildman–Crippen MR) is 66.1 cm³/mol. The Morgan fingerprint density at radius 2 is 1.82 bits per heavy atom. The van der Waals surface area contributed by atoms with Gasteiger partial charge in [0.15, 0.2) is 0 Å². The second-order valence-electron chi connectivity index (χ2n) is 4.64. The molecule has 0 saturated carbocycles. The molecule has 4 nitrogen and oxygen atoms in total. The summed E-state index contributed by atoms with van der Waals surface area (Å²) in [6.07, 6.45) is 1.49. The van der Waals surface area contributed by atoms with E-state index in [0.717, 1.165) is 11.3 Å². The lowest BCUT2D eigenvalue weighted by Crippen LogP contribution is -2.21. The van der Waals surface area contributed by atoms with Crippen LogP contribution in [0.25, 0.3) is 0 Å². The number of carbonyl (C=O) groups excluding carboxylic acids is 1. The van der Waals surface area contributed by atoms with E-state index in [-0.39, 0.29) is 5.97 Å². The van der Waals surface area contributed by atoms with Crippen LogP contribution in [-0.2, 0) is 9.63 Å². The van der Waals surface area contributed by atoms with Crippen molar-refractivity contribution in [2.75, 3.05) is 7.11 Å². The van der Waals surface area contributed by atoms with Crippen LogP contribution in [0.4, 0.5) is 0 Å². The fourth-order valence-electron chi connectivity index (χ4n) is 0.962. The molecule has 0 saturated heterocycles. The average molecular weight is 235 g/mol. The van der Waals surface area contributed by atoms with Crippen molar-refractivity contribution >= 4 is 12.2 Å². The lowest BCUT2D eigenvalue weighted by atomic mass is 9.98. The lowest BCUT2D eigenvalue weighted by Gasteiger charge is -2.12. The number of benzene rings is 1. The first-order chi connectivity index (χ1) is 7.93. The average Bonchev–Trinajstić information content (AvgIpc) is 2.28. The van der Waals surface area contributed by atoms with Crippen LogP contribution in [0.15, 0.2) is 29.4 Å². The molecule has 0 aliphatic carbocycles. The molecule has 1 aromatic rings. The third-order valence-electron chi connectivity index (χ3n) is 2.07. The first-order valence-corrected chi connectivity index (χ1v) is 5.32. The van der Waals surface area contributed by atoms with Crippen LogP contribution in [0.1, 0.15) is 26.3 Å². The predicted octanol–water partition coefficient (Wildman–Crippen LogP) is 2.62. The molecule has 0 aliphatic rings. The quantitative estimate of drug-likeness (QED) is 0.459. The van der Waals surface area contributed by atoms with Gasteiger partial charge in [0.1, 0.15) is 5.75 Å². The van der Waals surface area contributed by atoms with Crippen molar-refractivity contribution in [3.05, 3.63) is 29.8 Å². The summed E-state index contributed by atoms with van der Waals surface area (Å²) in [5, 5.41) is 3.65. The number of oxime groups is 1. The smallest absolute Gasteiger partial charge is 0.340 e. The van der Waals surface area contributed by atoms with Gasteiger partial charge in [-0.1, -0.05) is 5.16 Å². The van der Waals surface area contributed by atoms with Crippen LogP contribution in [-0.4, -0.2) is 19.3 Å². The number of hydrogen-bond donors (Lipinski definition) is 0. The first kappa shape index (κ1) is 13.2. The topological polar surface area (TPSA) is 47.9 Å². The zero-order valence-electron chi connectivity index (χ0n) is 10.6. The summed E-state index contributed by atoms with van der Waals surface area (Å²) in [5.41, 5.74) is 0.296. The summed E-state index contributed by atoms with van der Waals surface area (Å²) >= 11 is 0. The molecule has 4 heteroatoms. The third kappa shape index (κ3) is 4.26. The highest BCUT2D eigenvalue weighted by Crippen LogP contribution is 2.15. The van der Waals surface area contributed by atoms with Gasteiger partial charge in [-0.15, -0.1) is 0 Å². The maximum Gasteiger partial charge on any atom is 0.340 e. The zero-order valence-corrected chi connectivity index (χ0v) is 10.6. The van der Waals surface area contributed by atoms with E-state index in [1.807, 2.05) is 24.3 Å². The van der Waals surface area contributed by atoms with Crippen molar-refractivity contribution in [2.45, 2.75) is 20.8 Å². The van der Waals surface area contributed by atoms with E-state index >= 15 is 0 Å². The molecule has 0 aliphatic heterocycles. The monoisotopic (exact) mass is 235 g/mol. The molecule has 92 valence electrons. The van der Waals surface area contributed by atoms with Crippen molar-refractivity contribution in [3.8, 4) is 5.75 Å². The van der Waals surface area contributed by atoms with Gasteiger partial charge in [0.25, 0.3) is 0 Å². The summed E-state index contributed by atoms with van der Waals surface area (Å²) < 4.78 is 5.03. The van der Waals surface area contributed by atoms with E-state index in [2.05, 4.69) is 5.16 Å². The summed E-state index contributed by atoms with van der Waals surface area (Å²) in [7, 11) is 1.61. The molecule has 0 N–H and O–H groups in total. The molecule has 0 radical (unpaired) electrons. The number of rotatable bonds is 3. The Labute approximate surface area is 101 Å². The lowest BCUT2D eigenvalue weighted by molar-refractivity contribution is -0.152. The normalized spacial score (nSPS) is 11.5. The van der Waals surface area contributed by atoms with Gasteiger partial charge in [-0.2, -0.15) is 0 Å². The molecule has 0 unspecified atom stereocenters. The Bertz CT molecular complexity index is 402. The highest BCUT2D eigenvalue weighted by atomic mass is 16.7. The van der Waals surface area contributed by atoms with Gasteiger partial charge in [0.2, 0.25) is 0 Å². The second-order valence-corrected chi connectivity index (χ2v) is 4.64. The van der Waals surface area contributed by atoms with Crippen molar-refractivity contribution in [1.82, 2.24) is 0 Å². The summed E-state index contributed by atoms with van der Waals surface area (Å²) in [5.74, 6) is 0.413. The Morgan fingerprint density at radius 1 is 1.24 bits per heavy atom. The van der Waals surface area contributed by atoms with Crippen molar-refractivity contribution < 1.29 is 14.4 Å². The van der Waals surface area contributed by atoms with Gasteiger partial charge in [0.05, 0.1) is 18.7 Å². The van der Waals surface area contributed by atoms with E-state index in [9.17, 15) is 4.79 Å². The number of ether oxygens (including phenoxy) is 1. The van der Waals surface area contributed by atoms with Crippen molar-refractivity contribution in [2.24, 2.45) is 10.6 Å². The minimum absolute atomic E-state index is 0.359. The molecule has 0 spiro atoms. The van der Waals surface area contributed by atoms with Gasteiger partial charge in [-0.3, -0.25) is 0 Å². The van der Waals surface area contributed by atoms with Crippen LogP contribution < -0.4 is 4.74 Å². The molecule has 0 amide bonds. The largest absolute Gasteiger partial charge is 0.497 e. The molecule has 0 heterocycles. The molecule has 0 atom stereocenters. The maximum atomic E-state index is 11.4. The van der Waals surface area contributed by atoms with Crippen LogP contribution in [0.2, 0.25) is 0 Å². The minimum Gasteiger partial charge on any atom is -0.497 e. The van der Waals surface area contributed by atoms with Crippen LogP contribution in [0.3, 0.4) is 0 Å². The third-order valence-corrected chi connectivity index (χ3v) is 2.07. The molecule has 0 aromatic heterocycles. The molecule has 1 aromatic carbocycles. The van der Waals surface area contributed by atoms with Gasteiger partial charge in [-0.05, 0) is 50.6 Å². The zero-order chi connectivity index (χ0) is 12.9. The fraction of sp³-hybridized carbons (Fsp3) is 0.385. The highest BCUT2D eigenvalue weighted by Gasteiger charge is 2.23. The highest BCUT2D eigenvalue weighted by molar-refractivity contribution is 5.81. The second kappa shape index (κ2) is 5.48. The molecule has 1 rings (SSSR count). The van der Waals surface area contributed by atoms with Crippen LogP contribution >= 0.6 is 0 Å². The molecule has 0 bridgehead atoms. The molecule has 0 fully saturated rings. The Balaban J connectivity index is 2.56. The first-order valence-electron chi connectivity index (χ1n) is 5.32.